The van der Waals surface area contributed by atoms with Gasteiger partial charge < -0.3 is 4.90 Å². The van der Waals surface area contributed by atoms with Crippen LogP contribution in [0.4, 0.5) is 0 Å². The zero-order valence-corrected chi connectivity index (χ0v) is 19.3. The number of piperazine rings is 1. The average Bonchev–Trinajstić information content (AvgIpc) is 3.07. The van der Waals surface area contributed by atoms with Gasteiger partial charge in [-0.1, -0.05) is 18.2 Å². The van der Waals surface area contributed by atoms with Gasteiger partial charge in [-0.3, -0.25) is 4.79 Å². The van der Waals surface area contributed by atoms with Crippen molar-refractivity contribution >= 4 is 67.9 Å². The lowest BCUT2D eigenvalue weighted by atomic mass is 10.2. The van der Waals surface area contributed by atoms with E-state index in [1.54, 1.807) is 30.3 Å². The van der Waals surface area contributed by atoms with Crippen LogP contribution in [0.3, 0.4) is 0 Å². The van der Waals surface area contributed by atoms with Crippen molar-refractivity contribution in [3.05, 3.63) is 51.1 Å². The summed E-state index contributed by atoms with van der Waals surface area (Å²) in [5, 5.41) is 0. The molecule has 1 fully saturated rings. The van der Waals surface area contributed by atoms with Gasteiger partial charge in [-0.15, -0.1) is 36.2 Å². The Hall–Kier alpha value is -0.480. The summed E-state index contributed by atoms with van der Waals surface area (Å²) in [6.45, 7) is 2.86. The van der Waals surface area contributed by atoms with Crippen molar-refractivity contribution in [3.63, 3.8) is 0 Å². The summed E-state index contributed by atoms with van der Waals surface area (Å²) in [5.74, 6) is 0.134. The molecule has 2 aromatic rings. The predicted molar refractivity (Wildman–Crippen MR) is 117 cm³/mol. The quantitative estimate of drug-likeness (QED) is 0.547. The lowest BCUT2D eigenvalue weighted by Crippen LogP contribution is -2.48. The SMILES string of the molecule is Cl.Cl.O=C(CCN1CCN(S(=O)(=O)c2ccccc2)CC1)c1ccc(Br)s1. The van der Waals surface area contributed by atoms with Gasteiger partial charge in [0.15, 0.2) is 5.78 Å². The number of halogens is 3. The Morgan fingerprint density at radius 1 is 1.00 bits per heavy atom. The highest BCUT2D eigenvalue weighted by molar-refractivity contribution is 9.11. The molecular weight excluding hydrogens is 495 g/mol. The van der Waals surface area contributed by atoms with Crippen molar-refractivity contribution in [2.24, 2.45) is 0 Å². The van der Waals surface area contributed by atoms with Gasteiger partial charge >= 0.3 is 0 Å². The Balaban J connectivity index is 0.00000182. The number of rotatable bonds is 6. The minimum Gasteiger partial charge on any atom is -0.300 e. The third-order valence-corrected chi connectivity index (χ3v) is 7.79. The normalized spacial score (nSPS) is 15.6. The number of hydrogen-bond donors (Lipinski definition) is 0. The number of Topliss-reactive ketones (excluding diaryl/α,β-unsaturated/α-hetero) is 1. The minimum absolute atomic E-state index is 0. The van der Waals surface area contributed by atoms with E-state index in [2.05, 4.69) is 20.8 Å². The molecule has 3 rings (SSSR count). The molecule has 27 heavy (non-hydrogen) atoms. The van der Waals surface area contributed by atoms with Gasteiger partial charge in [0.2, 0.25) is 10.0 Å². The number of thiophene rings is 1. The van der Waals surface area contributed by atoms with Crippen LogP contribution in [0.1, 0.15) is 16.1 Å². The van der Waals surface area contributed by atoms with E-state index in [1.807, 2.05) is 12.1 Å². The Labute approximate surface area is 184 Å². The van der Waals surface area contributed by atoms with Gasteiger partial charge in [0.1, 0.15) is 0 Å². The number of ketones is 1. The van der Waals surface area contributed by atoms with Crippen molar-refractivity contribution in [1.82, 2.24) is 9.21 Å². The molecule has 10 heteroatoms. The van der Waals surface area contributed by atoms with Crippen LogP contribution < -0.4 is 0 Å². The Bertz CT molecular complexity index is 839. The summed E-state index contributed by atoms with van der Waals surface area (Å²) < 4.78 is 27.7. The van der Waals surface area contributed by atoms with Crippen molar-refractivity contribution < 1.29 is 13.2 Å². The van der Waals surface area contributed by atoms with Gasteiger partial charge in [0.25, 0.3) is 0 Å². The van der Waals surface area contributed by atoms with E-state index in [1.165, 1.54) is 15.6 Å². The number of carbonyl (C=O) groups excluding carboxylic acids is 1. The lowest BCUT2D eigenvalue weighted by molar-refractivity contribution is 0.0956. The molecule has 5 nitrogen and oxygen atoms in total. The monoisotopic (exact) mass is 514 g/mol. The maximum absolute atomic E-state index is 12.6. The molecule has 1 aliphatic rings. The highest BCUT2D eigenvalue weighted by atomic mass is 79.9. The molecule has 0 unspecified atom stereocenters. The molecule has 1 aromatic carbocycles. The van der Waals surface area contributed by atoms with E-state index < -0.39 is 10.0 Å². The molecule has 0 radical (unpaired) electrons. The molecular formula is C17H21BrCl2N2O3S2. The van der Waals surface area contributed by atoms with Crippen molar-refractivity contribution in [2.45, 2.75) is 11.3 Å². The van der Waals surface area contributed by atoms with E-state index in [4.69, 9.17) is 0 Å². The molecule has 0 amide bonds. The first-order valence-electron chi connectivity index (χ1n) is 8.03. The predicted octanol–water partition coefficient (Wildman–Crippen LogP) is 3.93. The second-order valence-corrected chi connectivity index (χ2v) is 10.2. The molecule has 0 spiro atoms. The molecule has 0 atom stereocenters. The van der Waals surface area contributed by atoms with Gasteiger partial charge in [-0.2, -0.15) is 4.31 Å². The number of sulfonamides is 1. The van der Waals surface area contributed by atoms with Gasteiger partial charge in [-0.05, 0) is 40.2 Å². The Morgan fingerprint density at radius 3 is 2.19 bits per heavy atom. The summed E-state index contributed by atoms with van der Waals surface area (Å²) >= 11 is 4.81. The third kappa shape index (κ3) is 6.25. The topological polar surface area (TPSA) is 57.7 Å². The van der Waals surface area contributed by atoms with Crippen molar-refractivity contribution in [3.8, 4) is 0 Å². The zero-order chi connectivity index (χ0) is 17.9. The summed E-state index contributed by atoms with van der Waals surface area (Å²) in [5.41, 5.74) is 0. The first-order chi connectivity index (χ1) is 12.0. The third-order valence-electron chi connectivity index (χ3n) is 4.22. The number of benzene rings is 1. The van der Waals surface area contributed by atoms with Crippen molar-refractivity contribution in [2.75, 3.05) is 32.7 Å². The molecule has 1 aromatic heterocycles. The van der Waals surface area contributed by atoms with E-state index in [9.17, 15) is 13.2 Å². The zero-order valence-electron chi connectivity index (χ0n) is 14.4. The summed E-state index contributed by atoms with van der Waals surface area (Å²) in [6, 6.07) is 12.2. The largest absolute Gasteiger partial charge is 0.300 e. The van der Waals surface area contributed by atoms with Crippen LogP contribution >= 0.6 is 52.1 Å². The van der Waals surface area contributed by atoms with Crippen LogP contribution in [0.2, 0.25) is 0 Å². The van der Waals surface area contributed by atoms with Crippen LogP contribution in [-0.4, -0.2) is 56.1 Å². The van der Waals surface area contributed by atoms with Crippen LogP contribution in [-0.2, 0) is 10.0 Å². The summed E-state index contributed by atoms with van der Waals surface area (Å²) in [6.07, 6.45) is 0.457. The second-order valence-electron chi connectivity index (χ2n) is 5.84. The fraction of sp³-hybridized carbons (Fsp3) is 0.353. The molecule has 0 saturated carbocycles. The number of hydrogen-bond acceptors (Lipinski definition) is 5. The molecule has 2 heterocycles. The second kappa shape index (κ2) is 10.9. The highest BCUT2D eigenvalue weighted by Gasteiger charge is 2.28. The standard InChI is InChI=1S/C17H19BrN2O3S2.2ClH/c18-17-7-6-16(24-17)15(21)8-9-19-10-12-20(13-11-19)25(22,23)14-4-2-1-3-5-14;;/h1-7H,8-13H2;2*1H. The minimum atomic E-state index is -3.42. The molecule has 1 aliphatic heterocycles. The van der Waals surface area contributed by atoms with Crippen LogP contribution in [0, 0.1) is 0 Å². The average molecular weight is 516 g/mol. The highest BCUT2D eigenvalue weighted by Crippen LogP contribution is 2.23. The van der Waals surface area contributed by atoms with Crippen LogP contribution in [0.5, 0.6) is 0 Å². The molecule has 150 valence electrons. The number of carbonyl (C=O) groups is 1. The Morgan fingerprint density at radius 2 is 1.63 bits per heavy atom. The molecule has 0 bridgehead atoms. The molecule has 0 N–H and O–H groups in total. The summed E-state index contributed by atoms with van der Waals surface area (Å²) in [7, 11) is -3.42. The van der Waals surface area contributed by atoms with Crippen LogP contribution in [0.25, 0.3) is 0 Å². The Kier molecular flexibility index (Phi) is 9.91. The van der Waals surface area contributed by atoms with E-state index in [0.717, 1.165) is 8.66 Å². The van der Waals surface area contributed by atoms with E-state index in [0.29, 0.717) is 44.0 Å². The number of nitrogens with zero attached hydrogens (tertiary/aromatic N) is 2. The van der Waals surface area contributed by atoms with Crippen LogP contribution in [0.15, 0.2) is 51.1 Å². The first kappa shape index (κ1) is 24.6. The smallest absolute Gasteiger partial charge is 0.243 e. The van der Waals surface area contributed by atoms with Gasteiger partial charge in [0.05, 0.1) is 13.6 Å². The summed E-state index contributed by atoms with van der Waals surface area (Å²) in [4.78, 5) is 15.4. The maximum atomic E-state index is 12.6. The lowest BCUT2D eigenvalue weighted by Gasteiger charge is -2.33. The van der Waals surface area contributed by atoms with Gasteiger partial charge in [-0.25, -0.2) is 8.42 Å². The fourth-order valence-electron chi connectivity index (χ4n) is 2.78. The van der Waals surface area contributed by atoms with Gasteiger partial charge in [0, 0.05) is 39.1 Å². The van der Waals surface area contributed by atoms with Crippen molar-refractivity contribution in [1.29, 1.82) is 0 Å². The molecule has 1 saturated heterocycles. The fourth-order valence-corrected chi connectivity index (χ4v) is 5.58. The van der Waals surface area contributed by atoms with E-state index in [-0.39, 0.29) is 30.6 Å². The molecule has 0 aliphatic carbocycles. The maximum Gasteiger partial charge on any atom is 0.243 e. The van der Waals surface area contributed by atoms with E-state index >= 15 is 0 Å². The first-order valence-corrected chi connectivity index (χ1v) is 11.1.